The fraction of sp³-hybridized carbons (Fsp3) is 0. The molecule has 27 heavy (non-hydrogen) atoms. The Morgan fingerprint density at radius 1 is 0.778 bits per heavy atom. The molecule has 0 unspecified atom stereocenters. The highest BCUT2D eigenvalue weighted by Gasteiger charge is 2.16. The van der Waals surface area contributed by atoms with E-state index in [2.05, 4.69) is 10.6 Å². The SMILES string of the molecule is Nc1ccc(S(=O)(=O)Oc2ccc(NC(=O)Nc3ccccc3)cc2)cc1. The Balaban J connectivity index is 1.63. The van der Waals surface area contributed by atoms with Gasteiger partial charge in [0.05, 0.1) is 0 Å². The molecule has 0 spiro atoms. The molecule has 0 heterocycles. The highest BCUT2D eigenvalue weighted by atomic mass is 32.2. The van der Waals surface area contributed by atoms with Crippen molar-refractivity contribution in [2.24, 2.45) is 0 Å². The van der Waals surface area contributed by atoms with E-state index >= 15 is 0 Å². The van der Waals surface area contributed by atoms with Gasteiger partial charge in [-0.15, -0.1) is 0 Å². The van der Waals surface area contributed by atoms with Crippen LogP contribution in [0, 0.1) is 0 Å². The number of nitrogens with two attached hydrogens (primary N) is 1. The molecule has 0 fully saturated rings. The van der Waals surface area contributed by atoms with Crippen molar-refractivity contribution in [3.63, 3.8) is 0 Å². The number of carbonyl (C=O) groups excluding carboxylic acids is 1. The molecule has 0 bridgehead atoms. The van der Waals surface area contributed by atoms with Crippen LogP contribution in [-0.2, 0) is 10.1 Å². The Labute approximate surface area is 156 Å². The van der Waals surface area contributed by atoms with Crippen molar-refractivity contribution in [3.05, 3.63) is 78.9 Å². The molecule has 0 aromatic heterocycles. The van der Waals surface area contributed by atoms with Crippen LogP contribution >= 0.6 is 0 Å². The van der Waals surface area contributed by atoms with E-state index in [4.69, 9.17) is 9.92 Å². The van der Waals surface area contributed by atoms with Gasteiger partial charge in [-0.3, -0.25) is 0 Å². The summed E-state index contributed by atoms with van der Waals surface area (Å²) >= 11 is 0. The Hall–Kier alpha value is -3.52. The van der Waals surface area contributed by atoms with Crippen LogP contribution < -0.4 is 20.6 Å². The Kier molecular flexibility index (Phi) is 5.28. The van der Waals surface area contributed by atoms with Crippen LogP contribution in [0.3, 0.4) is 0 Å². The van der Waals surface area contributed by atoms with E-state index in [-0.39, 0.29) is 10.6 Å². The van der Waals surface area contributed by atoms with Gasteiger partial charge in [-0.2, -0.15) is 8.42 Å². The molecule has 3 aromatic carbocycles. The molecule has 7 nitrogen and oxygen atoms in total. The van der Waals surface area contributed by atoms with Crippen LogP contribution in [0.4, 0.5) is 21.9 Å². The number of hydrogen-bond acceptors (Lipinski definition) is 5. The molecular weight excluding hydrogens is 366 g/mol. The van der Waals surface area contributed by atoms with Gasteiger partial charge in [-0.05, 0) is 60.7 Å². The van der Waals surface area contributed by atoms with E-state index in [1.807, 2.05) is 18.2 Å². The second-order valence-electron chi connectivity index (χ2n) is 5.58. The van der Waals surface area contributed by atoms with Crippen molar-refractivity contribution in [3.8, 4) is 5.75 Å². The number of nitrogens with one attached hydrogen (secondary N) is 2. The smallest absolute Gasteiger partial charge is 0.339 e. The lowest BCUT2D eigenvalue weighted by Gasteiger charge is -2.10. The number of hydrogen-bond donors (Lipinski definition) is 3. The van der Waals surface area contributed by atoms with Crippen molar-refractivity contribution < 1.29 is 17.4 Å². The molecule has 3 rings (SSSR count). The Morgan fingerprint density at radius 2 is 1.33 bits per heavy atom. The van der Waals surface area contributed by atoms with E-state index in [1.54, 1.807) is 24.3 Å². The third kappa shape index (κ3) is 4.99. The van der Waals surface area contributed by atoms with Crippen molar-refractivity contribution in [2.45, 2.75) is 4.90 Å². The quantitative estimate of drug-likeness (QED) is 0.460. The zero-order valence-electron chi connectivity index (χ0n) is 14.1. The number of anilines is 3. The van der Waals surface area contributed by atoms with E-state index < -0.39 is 16.1 Å². The van der Waals surface area contributed by atoms with E-state index in [0.717, 1.165) is 0 Å². The molecule has 3 aromatic rings. The average molecular weight is 383 g/mol. The summed E-state index contributed by atoms with van der Waals surface area (Å²) in [4.78, 5) is 11.9. The molecule has 0 saturated carbocycles. The van der Waals surface area contributed by atoms with Gasteiger partial charge in [0, 0.05) is 17.1 Å². The molecule has 0 saturated heterocycles. The van der Waals surface area contributed by atoms with Gasteiger partial charge >= 0.3 is 16.1 Å². The molecule has 2 amide bonds. The van der Waals surface area contributed by atoms with E-state index in [0.29, 0.717) is 17.1 Å². The maximum Gasteiger partial charge on any atom is 0.339 e. The zero-order chi connectivity index (χ0) is 19.3. The predicted molar refractivity (Wildman–Crippen MR) is 104 cm³/mol. The summed E-state index contributed by atoms with van der Waals surface area (Å²) in [5.74, 6) is 0.126. The lowest BCUT2D eigenvalue weighted by atomic mass is 10.3. The molecule has 0 aliphatic carbocycles. The van der Waals surface area contributed by atoms with E-state index in [1.165, 1.54) is 36.4 Å². The summed E-state index contributed by atoms with van der Waals surface area (Å²) in [6.07, 6.45) is 0. The first-order valence-corrected chi connectivity index (χ1v) is 9.36. The second kappa shape index (κ2) is 7.79. The first-order valence-electron chi connectivity index (χ1n) is 7.95. The number of nitrogen functional groups attached to an aromatic ring is 1. The minimum Gasteiger partial charge on any atom is -0.399 e. The largest absolute Gasteiger partial charge is 0.399 e. The van der Waals surface area contributed by atoms with Crippen molar-refractivity contribution >= 4 is 33.2 Å². The lowest BCUT2D eigenvalue weighted by Crippen LogP contribution is -2.19. The number of rotatable bonds is 5. The first kappa shape index (κ1) is 18.3. The molecule has 8 heteroatoms. The molecule has 138 valence electrons. The van der Waals surface area contributed by atoms with Gasteiger partial charge in [0.2, 0.25) is 0 Å². The van der Waals surface area contributed by atoms with Crippen LogP contribution in [-0.4, -0.2) is 14.4 Å². The van der Waals surface area contributed by atoms with Crippen LogP contribution in [0.5, 0.6) is 5.75 Å². The first-order chi connectivity index (χ1) is 12.9. The normalized spacial score (nSPS) is 10.8. The minimum atomic E-state index is -3.96. The van der Waals surface area contributed by atoms with Gasteiger partial charge in [0.15, 0.2) is 0 Å². The van der Waals surface area contributed by atoms with Gasteiger partial charge < -0.3 is 20.6 Å². The topological polar surface area (TPSA) is 111 Å². The fourth-order valence-electron chi connectivity index (χ4n) is 2.22. The van der Waals surface area contributed by atoms with Gasteiger partial charge in [-0.25, -0.2) is 4.79 Å². The number of benzene rings is 3. The number of para-hydroxylation sites is 1. The summed E-state index contributed by atoms with van der Waals surface area (Å²) < 4.78 is 29.6. The van der Waals surface area contributed by atoms with Crippen molar-refractivity contribution in [2.75, 3.05) is 16.4 Å². The van der Waals surface area contributed by atoms with Crippen LogP contribution in [0.15, 0.2) is 83.8 Å². The number of amides is 2. The highest BCUT2D eigenvalue weighted by molar-refractivity contribution is 7.87. The van der Waals surface area contributed by atoms with Crippen LogP contribution in [0.1, 0.15) is 0 Å². The molecule has 0 atom stereocenters. The second-order valence-corrected chi connectivity index (χ2v) is 7.12. The number of carbonyl (C=O) groups is 1. The van der Waals surface area contributed by atoms with Crippen molar-refractivity contribution in [1.82, 2.24) is 0 Å². The summed E-state index contributed by atoms with van der Waals surface area (Å²) in [5.41, 5.74) is 7.15. The van der Waals surface area contributed by atoms with Gasteiger partial charge in [-0.1, -0.05) is 18.2 Å². The van der Waals surface area contributed by atoms with Crippen LogP contribution in [0.2, 0.25) is 0 Å². The average Bonchev–Trinajstić information content (AvgIpc) is 2.64. The Morgan fingerprint density at radius 3 is 1.93 bits per heavy atom. The molecule has 0 aliphatic rings. The van der Waals surface area contributed by atoms with Gasteiger partial charge in [0.1, 0.15) is 10.6 Å². The summed E-state index contributed by atoms with van der Waals surface area (Å²) in [6.45, 7) is 0. The fourth-order valence-corrected chi connectivity index (χ4v) is 3.15. The van der Waals surface area contributed by atoms with Crippen molar-refractivity contribution in [1.29, 1.82) is 0 Å². The maximum atomic E-state index is 12.2. The monoisotopic (exact) mass is 383 g/mol. The number of urea groups is 1. The molecule has 0 radical (unpaired) electrons. The van der Waals surface area contributed by atoms with E-state index in [9.17, 15) is 13.2 Å². The third-order valence-corrected chi connectivity index (χ3v) is 4.78. The summed E-state index contributed by atoms with van der Waals surface area (Å²) in [5, 5.41) is 5.33. The molecule has 0 aliphatic heterocycles. The zero-order valence-corrected chi connectivity index (χ0v) is 14.9. The third-order valence-electron chi connectivity index (χ3n) is 3.52. The summed E-state index contributed by atoms with van der Waals surface area (Å²) in [6, 6.07) is 20.3. The summed E-state index contributed by atoms with van der Waals surface area (Å²) in [7, 11) is -3.96. The Bertz CT molecular complexity index is 1020. The predicted octanol–water partition coefficient (Wildman–Crippen LogP) is 3.68. The molecule has 4 N–H and O–H groups in total. The lowest BCUT2D eigenvalue weighted by molar-refractivity contribution is 0.262. The highest BCUT2D eigenvalue weighted by Crippen LogP contribution is 2.21. The van der Waals surface area contributed by atoms with Crippen LogP contribution in [0.25, 0.3) is 0 Å². The minimum absolute atomic E-state index is 0.00106. The maximum absolute atomic E-state index is 12.2. The molecular formula is C19H17N3O4S. The standard InChI is InChI=1S/C19H17N3O4S/c20-14-6-12-18(13-7-14)27(24,25)26-17-10-8-16(9-11-17)22-19(23)21-15-4-2-1-3-5-15/h1-13H,20H2,(H2,21,22,23). The van der Waals surface area contributed by atoms with Gasteiger partial charge in [0.25, 0.3) is 0 Å².